The van der Waals surface area contributed by atoms with Crippen LogP contribution in [-0.4, -0.2) is 25.3 Å². The molecule has 0 amide bonds. The zero-order chi connectivity index (χ0) is 17.7. The Morgan fingerprint density at radius 3 is 2.28 bits per heavy atom. The molecular weight excluding hydrogens is 310 g/mol. The Morgan fingerprint density at radius 2 is 1.60 bits per heavy atom. The van der Waals surface area contributed by atoms with Crippen molar-refractivity contribution in [3.05, 3.63) is 48.2 Å². The number of unbranched alkanes of at least 4 members (excludes halogenated alkanes) is 4. The van der Waals surface area contributed by atoms with Crippen molar-refractivity contribution in [2.45, 2.75) is 51.9 Å². The molecule has 0 saturated carbocycles. The Hall–Kier alpha value is -1.87. The van der Waals surface area contributed by atoms with Gasteiger partial charge in [-0.25, -0.2) is 0 Å². The quantitative estimate of drug-likeness (QED) is 0.466. The first-order valence-corrected chi connectivity index (χ1v) is 9.50. The molecule has 136 valence electrons. The summed E-state index contributed by atoms with van der Waals surface area (Å²) in [4.78, 5) is 4.58. The van der Waals surface area contributed by atoms with Crippen LogP contribution in [0.2, 0.25) is 0 Å². The van der Waals surface area contributed by atoms with Crippen molar-refractivity contribution in [3.63, 3.8) is 0 Å². The number of nitrogens with zero attached hydrogens (tertiary/aromatic N) is 1. The Labute approximate surface area is 152 Å². The van der Waals surface area contributed by atoms with Crippen LogP contribution in [0.5, 0.6) is 5.75 Å². The average Bonchev–Trinajstić information content (AvgIpc) is 2.67. The lowest BCUT2D eigenvalue weighted by atomic mass is 10.1. The molecule has 1 aromatic heterocycles. The van der Waals surface area contributed by atoms with E-state index in [-0.39, 0.29) is 0 Å². The van der Waals surface area contributed by atoms with E-state index in [0.29, 0.717) is 0 Å². The third kappa shape index (κ3) is 7.27. The Morgan fingerprint density at radius 1 is 0.840 bits per heavy atom. The maximum Gasteiger partial charge on any atom is 0.118 e. The fraction of sp³-hybridized carbons (Fsp3) is 0.500. The highest BCUT2D eigenvalue weighted by molar-refractivity contribution is 5.60. The maximum atomic E-state index is 5.72. The lowest BCUT2D eigenvalue weighted by Crippen LogP contribution is -1.99. The highest BCUT2D eigenvalue weighted by atomic mass is 16.5. The van der Waals surface area contributed by atoms with Gasteiger partial charge in [0.05, 0.1) is 12.8 Å². The molecule has 0 aliphatic carbocycles. The number of aromatic nitrogens is 1. The van der Waals surface area contributed by atoms with E-state index in [0.717, 1.165) is 43.1 Å². The first-order valence-electron chi connectivity index (χ1n) is 9.50. The zero-order valence-corrected chi connectivity index (χ0v) is 15.7. The SMILES string of the molecule is CCCCCCCOCCCc1ccc(-c2ccc(OC)cc2)nc1. The number of pyridine rings is 1. The number of benzene rings is 1. The molecule has 3 heteroatoms. The number of methoxy groups -OCH3 is 1. The van der Waals surface area contributed by atoms with E-state index in [1.165, 1.54) is 37.7 Å². The van der Waals surface area contributed by atoms with E-state index in [2.05, 4.69) is 24.0 Å². The summed E-state index contributed by atoms with van der Waals surface area (Å²) in [6.07, 6.45) is 10.5. The van der Waals surface area contributed by atoms with Crippen LogP contribution in [0.3, 0.4) is 0 Å². The Kier molecular flexibility index (Phi) is 9.06. The molecule has 1 heterocycles. The van der Waals surface area contributed by atoms with Gasteiger partial charge in [0.25, 0.3) is 0 Å². The summed E-state index contributed by atoms with van der Waals surface area (Å²) in [5.74, 6) is 0.866. The van der Waals surface area contributed by atoms with Gasteiger partial charge in [0.15, 0.2) is 0 Å². The zero-order valence-electron chi connectivity index (χ0n) is 15.7. The molecule has 1 aromatic carbocycles. The minimum absolute atomic E-state index is 0.841. The van der Waals surface area contributed by atoms with E-state index >= 15 is 0 Å². The third-order valence-corrected chi connectivity index (χ3v) is 4.36. The van der Waals surface area contributed by atoms with Crippen LogP contribution in [0.1, 0.15) is 51.0 Å². The van der Waals surface area contributed by atoms with Gasteiger partial charge < -0.3 is 9.47 Å². The van der Waals surface area contributed by atoms with Crippen molar-refractivity contribution in [1.82, 2.24) is 4.98 Å². The van der Waals surface area contributed by atoms with Gasteiger partial charge in [-0.05, 0) is 55.2 Å². The molecule has 0 atom stereocenters. The summed E-state index contributed by atoms with van der Waals surface area (Å²) in [6, 6.07) is 12.3. The second kappa shape index (κ2) is 11.6. The van der Waals surface area contributed by atoms with E-state index in [1.807, 2.05) is 30.5 Å². The van der Waals surface area contributed by atoms with E-state index < -0.39 is 0 Å². The van der Waals surface area contributed by atoms with Gasteiger partial charge in [0, 0.05) is 25.0 Å². The van der Waals surface area contributed by atoms with Gasteiger partial charge >= 0.3 is 0 Å². The van der Waals surface area contributed by atoms with Crippen LogP contribution in [0, 0.1) is 0 Å². The number of ether oxygens (including phenoxy) is 2. The molecule has 2 rings (SSSR count). The van der Waals surface area contributed by atoms with Crippen molar-refractivity contribution in [2.24, 2.45) is 0 Å². The second-order valence-electron chi connectivity index (χ2n) is 6.41. The van der Waals surface area contributed by atoms with Gasteiger partial charge in [-0.1, -0.05) is 38.7 Å². The maximum absolute atomic E-state index is 5.72. The monoisotopic (exact) mass is 341 g/mol. The molecule has 0 aliphatic rings. The molecule has 0 fully saturated rings. The van der Waals surface area contributed by atoms with E-state index in [1.54, 1.807) is 7.11 Å². The van der Waals surface area contributed by atoms with Gasteiger partial charge in [-0.3, -0.25) is 4.98 Å². The molecule has 25 heavy (non-hydrogen) atoms. The third-order valence-electron chi connectivity index (χ3n) is 4.36. The minimum Gasteiger partial charge on any atom is -0.497 e. The predicted molar refractivity (Wildman–Crippen MR) is 104 cm³/mol. The smallest absolute Gasteiger partial charge is 0.118 e. The van der Waals surface area contributed by atoms with Crippen molar-refractivity contribution >= 4 is 0 Å². The van der Waals surface area contributed by atoms with Crippen LogP contribution in [-0.2, 0) is 11.2 Å². The first kappa shape index (κ1) is 19.5. The van der Waals surface area contributed by atoms with E-state index in [9.17, 15) is 0 Å². The Bertz CT molecular complexity index is 578. The van der Waals surface area contributed by atoms with Crippen LogP contribution in [0.4, 0.5) is 0 Å². The molecule has 0 radical (unpaired) electrons. The van der Waals surface area contributed by atoms with Gasteiger partial charge in [-0.2, -0.15) is 0 Å². The molecule has 0 saturated heterocycles. The number of hydrogen-bond donors (Lipinski definition) is 0. The fourth-order valence-electron chi connectivity index (χ4n) is 2.79. The summed E-state index contributed by atoms with van der Waals surface area (Å²) < 4.78 is 10.9. The Balaban J connectivity index is 1.65. The first-order chi connectivity index (χ1) is 12.3. The van der Waals surface area contributed by atoms with Crippen molar-refractivity contribution in [3.8, 4) is 17.0 Å². The standard InChI is InChI=1S/C22H31NO2/c1-3-4-5-6-7-16-25-17-8-9-19-10-15-22(23-18-19)20-11-13-21(24-2)14-12-20/h10-15,18H,3-9,16-17H2,1-2H3. The normalized spacial score (nSPS) is 10.8. The molecule has 0 spiro atoms. The molecule has 0 aliphatic heterocycles. The summed E-state index contributed by atoms with van der Waals surface area (Å²) in [5.41, 5.74) is 3.37. The summed E-state index contributed by atoms with van der Waals surface area (Å²) in [5, 5.41) is 0. The van der Waals surface area contributed by atoms with Crippen LogP contribution in [0.15, 0.2) is 42.6 Å². The second-order valence-corrected chi connectivity index (χ2v) is 6.41. The fourth-order valence-corrected chi connectivity index (χ4v) is 2.79. The van der Waals surface area contributed by atoms with Gasteiger partial charge in [-0.15, -0.1) is 0 Å². The highest BCUT2D eigenvalue weighted by Gasteiger charge is 2.01. The van der Waals surface area contributed by atoms with Crippen molar-refractivity contribution in [1.29, 1.82) is 0 Å². The topological polar surface area (TPSA) is 31.4 Å². The van der Waals surface area contributed by atoms with Gasteiger partial charge in [0.2, 0.25) is 0 Å². The lowest BCUT2D eigenvalue weighted by molar-refractivity contribution is 0.127. The molecular formula is C22H31NO2. The molecule has 2 aromatic rings. The number of rotatable bonds is 12. The lowest BCUT2D eigenvalue weighted by Gasteiger charge is -2.06. The summed E-state index contributed by atoms with van der Waals surface area (Å²) >= 11 is 0. The molecule has 0 N–H and O–H groups in total. The highest BCUT2D eigenvalue weighted by Crippen LogP contribution is 2.20. The van der Waals surface area contributed by atoms with Crippen LogP contribution in [0.25, 0.3) is 11.3 Å². The average molecular weight is 341 g/mol. The molecule has 3 nitrogen and oxygen atoms in total. The number of aryl methyl sites for hydroxylation is 1. The van der Waals surface area contributed by atoms with Crippen molar-refractivity contribution in [2.75, 3.05) is 20.3 Å². The van der Waals surface area contributed by atoms with Crippen LogP contribution < -0.4 is 4.74 Å². The predicted octanol–water partition coefficient (Wildman–Crippen LogP) is 5.68. The minimum atomic E-state index is 0.841. The van der Waals surface area contributed by atoms with E-state index in [4.69, 9.17) is 9.47 Å². The largest absolute Gasteiger partial charge is 0.497 e. The molecule has 0 bridgehead atoms. The summed E-state index contributed by atoms with van der Waals surface area (Å²) in [7, 11) is 1.68. The summed E-state index contributed by atoms with van der Waals surface area (Å²) in [6.45, 7) is 3.99. The van der Waals surface area contributed by atoms with Gasteiger partial charge in [0.1, 0.15) is 5.75 Å². The molecule has 0 unspecified atom stereocenters. The van der Waals surface area contributed by atoms with Crippen LogP contribution >= 0.6 is 0 Å². The van der Waals surface area contributed by atoms with Crippen molar-refractivity contribution < 1.29 is 9.47 Å². The number of hydrogen-bond acceptors (Lipinski definition) is 3.